The molecule has 7 atom stereocenters. The summed E-state index contributed by atoms with van der Waals surface area (Å²) in [7, 11) is 1.47. The highest BCUT2D eigenvalue weighted by atomic mass is 16.5. The molecule has 3 N–H and O–H groups in total. The molecule has 0 aromatic heterocycles. The number of fused-ring (bicyclic) bond motifs is 5. The monoisotopic (exact) mass is 574 g/mol. The lowest BCUT2D eigenvalue weighted by atomic mass is 9.77. The minimum atomic E-state index is -1.16. The second-order valence-electron chi connectivity index (χ2n) is 12.0. The molecule has 2 amide bonds. The standard InChI is InChI=1S/C33H38N2O7/c1-41-27-14-21(18-37)13-24-29-25(33(40)34-9-10-36)16-26(30(39)32(29)42-31(24)27)35(17-19-5-3-2-4-6-19)28(38)15-23-12-20-7-8-22(23)11-20/h2-6,13-14,16,18,20,22-23,26,29-30,32,36,39H,7-12,15,17H2,1H3,(H,34,40). The van der Waals surface area contributed by atoms with Crippen LogP contribution in [0, 0.1) is 17.8 Å². The van der Waals surface area contributed by atoms with Crippen molar-refractivity contribution in [2.45, 2.75) is 62.8 Å². The van der Waals surface area contributed by atoms with Crippen molar-refractivity contribution in [2.75, 3.05) is 20.3 Å². The molecular formula is C33H38N2O7. The average Bonchev–Trinajstić information content (AvgIpc) is 3.74. The van der Waals surface area contributed by atoms with Crippen LogP contribution in [-0.4, -0.2) is 71.7 Å². The zero-order valence-corrected chi connectivity index (χ0v) is 23.8. The van der Waals surface area contributed by atoms with Gasteiger partial charge in [0, 0.05) is 36.2 Å². The molecule has 2 saturated carbocycles. The summed E-state index contributed by atoms with van der Waals surface area (Å²) in [4.78, 5) is 41.1. The van der Waals surface area contributed by atoms with E-state index in [1.165, 1.54) is 26.4 Å². The SMILES string of the molecule is COc1cc(C=O)cc2c1OC1C2C(C(=O)NCCO)=CC(N(Cc2ccccc2)C(=O)CC2CC3CCC2C3)C1O. The van der Waals surface area contributed by atoms with E-state index in [1.54, 1.807) is 23.1 Å². The lowest BCUT2D eigenvalue weighted by molar-refractivity contribution is -0.139. The predicted octanol–water partition coefficient (Wildman–Crippen LogP) is 2.99. The molecule has 3 aliphatic carbocycles. The normalized spacial score (nSPS) is 28.7. The van der Waals surface area contributed by atoms with Crippen molar-refractivity contribution in [1.29, 1.82) is 0 Å². The van der Waals surface area contributed by atoms with Crippen molar-refractivity contribution in [3.05, 3.63) is 70.8 Å². The van der Waals surface area contributed by atoms with Crippen LogP contribution < -0.4 is 14.8 Å². The van der Waals surface area contributed by atoms with Crippen molar-refractivity contribution >= 4 is 18.1 Å². The molecule has 6 rings (SSSR count). The summed E-state index contributed by atoms with van der Waals surface area (Å²) in [6, 6.07) is 12.0. The molecule has 0 spiro atoms. The molecule has 0 saturated heterocycles. The second-order valence-corrected chi connectivity index (χ2v) is 12.0. The fraction of sp³-hybridized carbons (Fsp3) is 0.485. The number of benzene rings is 2. The number of aldehydes is 1. The van der Waals surface area contributed by atoms with Gasteiger partial charge in [-0.25, -0.2) is 0 Å². The summed E-state index contributed by atoms with van der Waals surface area (Å²) in [5.41, 5.74) is 2.15. The number of rotatable bonds is 10. The van der Waals surface area contributed by atoms with Crippen LogP contribution in [0.3, 0.4) is 0 Å². The highest BCUT2D eigenvalue weighted by Crippen LogP contribution is 2.52. The van der Waals surface area contributed by atoms with Gasteiger partial charge in [0.15, 0.2) is 11.5 Å². The Morgan fingerprint density at radius 3 is 2.64 bits per heavy atom. The highest BCUT2D eigenvalue weighted by molar-refractivity contribution is 5.96. The van der Waals surface area contributed by atoms with Gasteiger partial charge in [0.1, 0.15) is 18.5 Å². The largest absolute Gasteiger partial charge is 0.493 e. The number of ether oxygens (including phenoxy) is 2. The highest BCUT2D eigenvalue weighted by Gasteiger charge is 2.52. The predicted molar refractivity (Wildman–Crippen MR) is 154 cm³/mol. The van der Waals surface area contributed by atoms with E-state index in [1.807, 2.05) is 30.3 Å². The summed E-state index contributed by atoms with van der Waals surface area (Å²) in [6.07, 6.45) is 5.40. The summed E-state index contributed by atoms with van der Waals surface area (Å²) < 4.78 is 11.8. The van der Waals surface area contributed by atoms with E-state index in [4.69, 9.17) is 9.47 Å². The molecule has 2 aromatic rings. The molecule has 7 unspecified atom stereocenters. The number of carbonyl (C=O) groups is 3. The summed E-state index contributed by atoms with van der Waals surface area (Å²) in [6.45, 7) is 0.0772. The van der Waals surface area contributed by atoms with Crippen LogP contribution >= 0.6 is 0 Å². The van der Waals surface area contributed by atoms with Gasteiger partial charge in [-0.1, -0.05) is 36.8 Å². The minimum Gasteiger partial charge on any atom is -0.493 e. The second kappa shape index (κ2) is 11.9. The van der Waals surface area contributed by atoms with Crippen LogP contribution in [0.4, 0.5) is 0 Å². The zero-order chi connectivity index (χ0) is 29.4. The van der Waals surface area contributed by atoms with Crippen LogP contribution in [0.25, 0.3) is 0 Å². The topological polar surface area (TPSA) is 125 Å². The summed E-state index contributed by atoms with van der Waals surface area (Å²) in [5, 5.41) is 24.0. The maximum absolute atomic E-state index is 14.1. The first-order valence-corrected chi connectivity index (χ1v) is 14.9. The van der Waals surface area contributed by atoms with Crippen LogP contribution in [-0.2, 0) is 16.1 Å². The van der Waals surface area contributed by atoms with Crippen molar-refractivity contribution in [3.63, 3.8) is 0 Å². The third-order valence-corrected chi connectivity index (χ3v) is 9.61. The number of methoxy groups -OCH3 is 1. The first-order chi connectivity index (χ1) is 20.4. The van der Waals surface area contributed by atoms with Gasteiger partial charge in [-0.05, 0) is 60.8 Å². The van der Waals surface area contributed by atoms with Crippen LogP contribution in [0.15, 0.2) is 54.1 Å². The minimum absolute atomic E-state index is 0.0447. The van der Waals surface area contributed by atoms with Gasteiger partial charge < -0.3 is 29.9 Å². The quantitative estimate of drug-likeness (QED) is 0.373. The molecule has 0 radical (unpaired) electrons. The molecule has 9 nitrogen and oxygen atoms in total. The van der Waals surface area contributed by atoms with Crippen molar-refractivity contribution in [3.8, 4) is 11.5 Å². The van der Waals surface area contributed by atoms with E-state index in [2.05, 4.69) is 5.32 Å². The summed E-state index contributed by atoms with van der Waals surface area (Å²) in [5.74, 6) is 1.12. The molecule has 2 fully saturated rings. The van der Waals surface area contributed by atoms with Crippen molar-refractivity contribution in [1.82, 2.24) is 10.2 Å². The maximum Gasteiger partial charge on any atom is 0.247 e. The molecule has 1 aliphatic heterocycles. The zero-order valence-electron chi connectivity index (χ0n) is 23.8. The van der Waals surface area contributed by atoms with E-state index in [9.17, 15) is 24.6 Å². The van der Waals surface area contributed by atoms with E-state index >= 15 is 0 Å². The molecule has 2 aromatic carbocycles. The van der Waals surface area contributed by atoms with Gasteiger partial charge in [-0.15, -0.1) is 0 Å². The lowest BCUT2D eigenvalue weighted by Crippen LogP contribution is -2.55. The molecule has 4 aliphatic rings. The van der Waals surface area contributed by atoms with Crippen molar-refractivity contribution < 1.29 is 34.1 Å². The number of aliphatic hydroxyl groups is 2. The number of nitrogens with zero attached hydrogens (tertiary/aromatic N) is 1. The van der Waals surface area contributed by atoms with E-state index in [0.29, 0.717) is 58.7 Å². The number of amides is 2. The Morgan fingerprint density at radius 1 is 1.17 bits per heavy atom. The average molecular weight is 575 g/mol. The Bertz CT molecular complexity index is 1380. The Balaban J connectivity index is 1.39. The van der Waals surface area contributed by atoms with Crippen LogP contribution in [0.2, 0.25) is 0 Å². The van der Waals surface area contributed by atoms with Gasteiger partial charge >= 0.3 is 0 Å². The lowest BCUT2D eigenvalue weighted by Gasteiger charge is -2.41. The fourth-order valence-electron chi connectivity index (χ4n) is 7.67. The third kappa shape index (κ3) is 5.20. The Kier molecular flexibility index (Phi) is 8.05. The number of nitrogens with one attached hydrogen (secondary N) is 1. The maximum atomic E-state index is 14.1. The van der Waals surface area contributed by atoms with E-state index < -0.39 is 30.1 Å². The molecule has 1 heterocycles. The summed E-state index contributed by atoms with van der Waals surface area (Å²) >= 11 is 0. The van der Waals surface area contributed by atoms with Gasteiger partial charge in [-0.3, -0.25) is 14.4 Å². The number of carbonyl (C=O) groups excluding carboxylic acids is 3. The van der Waals surface area contributed by atoms with E-state index in [-0.39, 0.29) is 25.6 Å². The van der Waals surface area contributed by atoms with Gasteiger partial charge in [0.05, 0.1) is 25.7 Å². The van der Waals surface area contributed by atoms with Gasteiger partial charge in [-0.2, -0.15) is 0 Å². The first kappa shape index (κ1) is 28.4. The number of hydrogen-bond acceptors (Lipinski definition) is 7. The van der Waals surface area contributed by atoms with Crippen LogP contribution in [0.5, 0.6) is 11.5 Å². The molecule has 2 bridgehead atoms. The Morgan fingerprint density at radius 2 is 1.98 bits per heavy atom. The Hall–Kier alpha value is -3.69. The smallest absolute Gasteiger partial charge is 0.247 e. The first-order valence-electron chi connectivity index (χ1n) is 14.9. The molecule has 9 heteroatoms. The van der Waals surface area contributed by atoms with Crippen molar-refractivity contribution in [2.24, 2.45) is 17.8 Å². The number of aliphatic hydroxyl groups excluding tert-OH is 2. The van der Waals surface area contributed by atoms with Gasteiger partial charge in [0.25, 0.3) is 0 Å². The Labute approximate surface area is 245 Å². The van der Waals surface area contributed by atoms with Crippen LogP contribution in [0.1, 0.15) is 59.5 Å². The number of hydrogen-bond donors (Lipinski definition) is 3. The molecule has 42 heavy (non-hydrogen) atoms. The molecule has 222 valence electrons. The van der Waals surface area contributed by atoms with E-state index in [0.717, 1.165) is 12.0 Å². The third-order valence-electron chi connectivity index (χ3n) is 9.61. The fourth-order valence-corrected chi connectivity index (χ4v) is 7.67. The van der Waals surface area contributed by atoms with Gasteiger partial charge in [0.2, 0.25) is 11.8 Å². The molecular weight excluding hydrogens is 536 g/mol.